The van der Waals surface area contributed by atoms with E-state index in [0.717, 1.165) is 38.8 Å². The molecule has 1 fully saturated rings. The molecule has 2 unspecified atom stereocenters. The van der Waals surface area contributed by atoms with Crippen LogP contribution in [0.2, 0.25) is 5.02 Å². The van der Waals surface area contributed by atoms with Crippen molar-refractivity contribution in [3.63, 3.8) is 0 Å². The van der Waals surface area contributed by atoms with Crippen LogP contribution < -0.4 is 5.43 Å². The number of likely N-dealkylation sites (tertiary alicyclic amines) is 1. The molecule has 4 rings (SSSR count). The van der Waals surface area contributed by atoms with Crippen molar-refractivity contribution in [1.29, 1.82) is 0 Å². The number of aliphatic carboxylic acids is 2. The molecule has 0 saturated carbocycles. The third-order valence-corrected chi connectivity index (χ3v) is 6.75. The van der Waals surface area contributed by atoms with Crippen LogP contribution in [0.15, 0.2) is 45.6 Å². The molecule has 1 aliphatic rings. The van der Waals surface area contributed by atoms with Gasteiger partial charge in [0.25, 0.3) is 0 Å². The Balaban J connectivity index is 0.000000397. The van der Waals surface area contributed by atoms with Gasteiger partial charge in [0.1, 0.15) is 11.3 Å². The van der Waals surface area contributed by atoms with Gasteiger partial charge in [-0.15, -0.1) is 0 Å². The number of fused-ring (bicyclic) bond motifs is 1. The highest BCUT2D eigenvalue weighted by Gasteiger charge is 2.40. The molecule has 0 bridgehead atoms. The van der Waals surface area contributed by atoms with Crippen molar-refractivity contribution < 1.29 is 52.7 Å². The maximum absolute atomic E-state index is 14.0. The number of alkyl halides is 3. The minimum Gasteiger partial charge on any atom is -0.507 e. The quantitative estimate of drug-likeness (QED) is 0.277. The van der Waals surface area contributed by atoms with E-state index in [1.165, 1.54) is 30.3 Å². The number of hydrogen-bond acceptors (Lipinski definition) is 8. The molecule has 0 radical (unpaired) electrons. The van der Waals surface area contributed by atoms with E-state index in [-0.39, 0.29) is 39.4 Å². The number of carbonyl (C=O) groups is 2. The topological polar surface area (TPSA) is 169 Å². The second-order valence-corrected chi connectivity index (χ2v) is 9.72. The third-order valence-electron chi connectivity index (χ3n) is 6.42. The van der Waals surface area contributed by atoms with Crippen LogP contribution >= 0.6 is 11.6 Å². The SMILES string of the molecule is O=C(O)C(O)C(O)C(=O)O.O=c1c(-c2ccccc2Cl)c(C(F)(F)F)oc2c(CN3CCCCCC3)c(O)ccc12. The van der Waals surface area contributed by atoms with Crippen LogP contribution in [-0.2, 0) is 22.3 Å². The lowest BCUT2D eigenvalue weighted by molar-refractivity contribution is -0.165. The van der Waals surface area contributed by atoms with Gasteiger partial charge in [-0.1, -0.05) is 42.6 Å². The summed E-state index contributed by atoms with van der Waals surface area (Å²) in [6.07, 6.45) is -5.33. The van der Waals surface area contributed by atoms with Gasteiger partial charge in [-0.05, 0) is 44.1 Å². The maximum Gasteiger partial charge on any atom is 0.450 e. The van der Waals surface area contributed by atoms with Crippen LogP contribution in [0.1, 0.15) is 37.0 Å². The number of aliphatic hydroxyl groups is 2. The van der Waals surface area contributed by atoms with Gasteiger partial charge >= 0.3 is 18.1 Å². The predicted octanol–water partition coefficient (Wildman–Crippen LogP) is 4.09. The number of aliphatic hydroxyl groups excluding tert-OH is 2. The van der Waals surface area contributed by atoms with Crippen molar-refractivity contribution in [2.24, 2.45) is 0 Å². The van der Waals surface area contributed by atoms with Crippen molar-refractivity contribution >= 4 is 34.5 Å². The summed E-state index contributed by atoms with van der Waals surface area (Å²) in [5.41, 5.74) is -1.56. The van der Waals surface area contributed by atoms with E-state index in [2.05, 4.69) is 4.90 Å². The summed E-state index contributed by atoms with van der Waals surface area (Å²) in [4.78, 5) is 34.9. The number of aromatic hydroxyl groups is 1. The summed E-state index contributed by atoms with van der Waals surface area (Å²) in [5, 5.41) is 43.0. The molecule has 14 heteroatoms. The highest BCUT2D eigenvalue weighted by molar-refractivity contribution is 6.33. The number of rotatable bonds is 6. The molecule has 1 aromatic heterocycles. The van der Waals surface area contributed by atoms with Crippen molar-refractivity contribution in [3.8, 4) is 16.9 Å². The highest BCUT2D eigenvalue weighted by Crippen LogP contribution is 2.41. The van der Waals surface area contributed by atoms with Gasteiger partial charge < -0.3 is 29.9 Å². The first-order valence-electron chi connectivity index (χ1n) is 12.4. The first-order valence-corrected chi connectivity index (χ1v) is 12.8. The first kappa shape index (κ1) is 31.9. The van der Waals surface area contributed by atoms with E-state index < -0.39 is 47.1 Å². The van der Waals surface area contributed by atoms with E-state index >= 15 is 0 Å². The summed E-state index contributed by atoms with van der Waals surface area (Å²) in [7, 11) is 0. The Labute approximate surface area is 235 Å². The molecule has 1 aliphatic heterocycles. The molecule has 5 N–H and O–H groups in total. The van der Waals surface area contributed by atoms with Gasteiger partial charge in [0.15, 0.2) is 12.2 Å². The van der Waals surface area contributed by atoms with Gasteiger partial charge in [-0.3, -0.25) is 9.69 Å². The number of carboxylic acid groups (broad SMARTS) is 2. The lowest BCUT2D eigenvalue weighted by atomic mass is 10.00. The van der Waals surface area contributed by atoms with Crippen molar-refractivity contribution in [3.05, 3.63) is 63.0 Å². The Bertz CT molecular complexity index is 1450. The Morgan fingerprint density at radius 3 is 2.02 bits per heavy atom. The van der Waals surface area contributed by atoms with Gasteiger partial charge in [0, 0.05) is 17.1 Å². The van der Waals surface area contributed by atoms with Gasteiger partial charge in [-0.25, -0.2) is 9.59 Å². The Hall–Kier alpha value is -3.65. The van der Waals surface area contributed by atoms with Gasteiger partial charge in [-0.2, -0.15) is 13.2 Å². The Morgan fingerprint density at radius 1 is 0.951 bits per heavy atom. The van der Waals surface area contributed by atoms with E-state index in [1.54, 1.807) is 6.07 Å². The zero-order chi connectivity index (χ0) is 30.5. The molecule has 41 heavy (non-hydrogen) atoms. The fourth-order valence-electron chi connectivity index (χ4n) is 4.35. The maximum atomic E-state index is 14.0. The average molecular weight is 602 g/mol. The predicted molar refractivity (Wildman–Crippen MR) is 141 cm³/mol. The number of nitrogens with zero attached hydrogens (tertiary/aromatic N) is 1. The van der Waals surface area contributed by atoms with Gasteiger partial charge in [0.05, 0.1) is 16.5 Å². The molecule has 10 nitrogen and oxygen atoms in total. The number of phenolic OH excluding ortho intramolecular Hbond substituents is 1. The van der Waals surface area contributed by atoms with Crippen LogP contribution in [0.25, 0.3) is 22.1 Å². The second-order valence-electron chi connectivity index (χ2n) is 9.31. The van der Waals surface area contributed by atoms with E-state index in [4.69, 9.17) is 36.4 Å². The Morgan fingerprint density at radius 2 is 1.51 bits per heavy atom. The first-order chi connectivity index (χ1) is 19.2. The highest BCUT2D eigenvalue weighted by atomic mass is 35.5. The molecule has 0 spiro atoms. The second kappa shape index (κ2) is 13.3. The monoisotopic (exact) mass is 601 g/mol. The summed E-state index contributed by atoms with van der Waals surface area (Å²) >= 11 is 6.11. The minimum atomic E-state index is -4.92. The molecular formula is C27H27ClF3NO9. The molecular weight excluding hydrogens is 575 g/mol. The molecule has 0 amide bonds. The summed E-state index contributed by atoms with van der Waals surface area (Å²) in [6.45, 7) is 1.74. The number of carboxylic acids is 2. The number of phenols is 1. The molecule has 0 aliphatic carbocycles. The van der Waals surface area contributed by atoms with E-state index in [9.17, 15) is 32.7 Å². The summed E-state index contributed by atoms with van der Waals surface area (Å²) in [6, 6.07) is 8.47. The lowest BCUT2D eigenvalue weighted by Gasteiger charge is -2.21. The minimum absolute atomic E-state index is 0.0169. The largest absolute Gasteiger partial charge is 0.507 e. The molecule has 2 atom stereocenters. The van der Waals surface area contributed by atoms with Crippen molar-refractivity contribution in [2.45, 2.75) is 50.6 Å². The smallest absolute Gasteiger partial charge is 0.450 e. The molecule has 3 aromatic rings. The lowest BCUT2D eigenvalue weighted by Crippen LogP contribution is -2.39. The normalized spacial score (nSPS) is 15.9. The van der Waals surface area contributed by atoms with Crippen molar-refractivity contribution in [2.75, 3.05) is 13.1 Å². The molecule has 2 heterocycles. The molecule has 1 saturated heterocycles. The van der Waals surface area contributed by atoms with Crippen LogP contribution in [0.5, 0.6) is 5.75 Å². The van der Waals surface area contributed by atoms with E-state index in [0.29, 0.717) is 0 Å². The van der Waals surface area contributed by atoms with Crippen LogP contribution in [0.4, 0.5) is 13.2 Å². The van der Waals surface area contributed by atoms with Crippen molar-refractivity contribution in [1.82, 2.24) is 4.90 Å². The van der Waals surface area contributed by atoms with E-state index in [1.807, 2.05) is 0 Å². The van der Waals surface area contributed by atoms with Gasteiger partial charge in [0.2, 0.25) is 11.2 Å². The standard InChI is InChI=1S/C23H21ClF3NO3.C4H6O6/c24-17-8-4-3-7-14(17)19-20(30)15-9-10-18(29)16(13-28-11-5-1-2-6-12-28)21(15)31-22(19)23(25,26)27;5-1(3(7)8)2(6)4(9)10/h3-4,7-10,29H,1-2,5-6,11-13H2;1-2,5-6H,(H,7,8)(H,9,10). The number of benzene rings is 2. The van der Waals surface area contributed by atoms with Crippen LogP contribution in [-0.4, -0.2) is 67.7 Å². The average Bonchev–Trinajstić information content (AvgIpc) is 3.18. The zero-order valence-corrected chi connectivity index (χ0v) is 22.2. The number of hydrogen-bond donors (Lipinski definition) is 5. The molecule has 222 valence electrons. The number of halogens is 4. The third kappa shape index (κ3) is 7.55. The van der Waals surface area contributed by atoms with Crippen LogP contribution in [0.3, 0.4) is 0 Å². The Kier molecular flexibility index (Phi) is 10.4. The fraction of sp³-hybridized carbons (Fsp3) is 0.370. The zero-order valence-electron chi connectivity index (χ0n) is 21.4. The summed E-state index contributed by atoms with van der Waals surface area (Å²) < 4.78 is 47.3. The summed E-state index contributed by atoms with van der Waals surface area (Å²) in [5.74, 6) is -5.15. The fourth-order valence-corrected chi connectivity index (χ4v) is 4.58. The van der Waals surface area contributed by atoms with Crippen LogP contribution in [0, 0.1) is 0 Å². The molecule has 2 aromatic carbocycles.